The molecule has 1 aliphatic rings. The van der Waals surface area contributed by atoms with Crippen molar-refractivity contribution in [2.24, 2.45) is 11.3 Å². The van der Waals surface area contributed by atoms with Crippen LogP contribution in [0.3, 0.4) is 0 Å². The Balaban J connectivity index is 2.79. The van der Waals surface area contributed by atoms with Crippen LogP contribution in [0, 0.1) is 11.3 Å². The summed E-state index contributed by atoms with van der Waals surface area (Å²) in [4.78, 5) is 12.1. The lowest BCUT2D eigenvalue weighted by Crippen LogP contribution is -2.53. The van der Waals surface area contributed by atoms with Crippen LogP contribution in [-0.2, 0) is 9.53 Å². The molecule has 0 aromatic heterocycles. The maximum atomic E-state index is 12.4. The average molecular weight is 267 g/mol. The minimum atomic E-state index is -4.83. The maximum Gasteiger partial charge on any atom is 0.471 e. The Bertz CT molecular complexity index is 309. The molecular weight excluding hydrogens is 247 g/mol. The number of carbonyl (C=O) groups is 1. The Labute approximate surface area is 105 Å². The summed E-state index contributed by atoms with van der Waals surface area (Å²) in [6.07, 6.45) is -4.59. The number of hydrogen-bond acceptors (Lipinski definition) is 2. The van der Waals surface area contributed by atoms with Gasteiger partial charge in [0, 0.05) is 13.7 Å². The van der Waals surface area contributed by atoms with E-state index in [0.717, 1.165) is 4.90 Å². The molecule has 0 aromatic carbocycles. The number of halogens is 3. The quantitative estimate of drug-likeness (QED) is 0.731. The molecule has 0 aromatic rings. The highest BCUT2D eigenvalue weighted by Gasteiger charge is 2.47. The van der Waals surface area contributed by atoms with E-state index < -0.39 is 18.3 Å². The molecule has 1 aliphatic heterocycles. The van der Waals surface area contributed by atoms with Crippen molar-refractivity contribution < 1.29 is 22.7 Å². The minimum absolute atomic E-state index is 0.00412. The van der Waals surface area contributed by atoms with E-state index in [-0.39, 0.29) is 17.9 Å². The van der Waals surface area contributed by atoms with Crippen molar-refractivity contribution in [3.63, 3.8) is 0 Å². The number of alkyl halides is 3. The molecule has 0 spiro atoms. The first-order chi connectivity index (χ1) is 8.07. The van der Waals surface area contributed by atoms with Gasteiger partial charge in [-0.3, -0.25) is 4.79 Å². The van der Waals surface area contributed by atoms with E-state index in [1.165, 1.54) is 7.11 Å². The van der Waals surface area contributed by atoms with Crippen LogP contribution in [-0.4, -0.2) is 36.9 Å². The van der Waals surface area contributed by atoms with Gasteiger partial charge in [-0.15, -0.1) is 0 Å². The lowest BCUT2D eigenvalue weighted by molar-refractivity contribution is -0.201. The van der Waals surface area contributed by atoms with Gasteiger partial charge < -0.3 is 9.64 Å². The lowest BCUT2D eigenvalue weighted by Gasteiger charge is -2.43. The van der Waals surface area contributed by atoms with E-state index in [2.05, 4.69) is 0 Å². The molecule has 2 atom stereocenters. The minimum Gasteiger partial charge on any atom is -0.362 e. The fourth-order valence-electron chi connectivity index (χ4n) is 2.33. The summed E-state index contributed by atoms with van der Waals surface area (Å²) in [6, 6.07) is 0. The second-order valence-corrected chi connectivity index (χ2v) is 5.77. The molecule has 1 amide bonds. The summed E-state index contributed by atoms with van der Waals surface area (Å²) in [5, 5.41) is 0. The third-order valence-corrected chi connectivity index (χ3v) is 3.55. The van der Waals surface area contributed by atoms with Crippen LogP contribution in [0.5, 0.6) is 0 Å². The zero-order chi connectivity index (χ0) is 14.1. The topological polar surface area (TPSA) is 29.5 Å². The molecule has 0 radical (unpaired) electrons. The normalized spacial score (nSPS) is 26.3. The van der Waals surface area contributed by atoms with Crippen LogP contribution in [0.25, 0.3) is 0 Å². The van der Waals surface area contributed by atoms with Crippen LogP contribution in [0.2, 0.25) is 0 Å². The van der Waals surface area contributed by atoms with Crippen molar-refractivity contribution in [3.8, 4) is 0 Å². The molecular formula is C12H20F3NO2. The van der Waals surface area contributed by atoms with Gasteiger partial charge in [0.05, 0.1) is 0 Å². The van der Waals surface area contributed by atoms with Gasteiger partial charge in [-0.05, 0) is 24.2 Å². The predicted molar refractivity (Wildman–Crippen MR) is 60.7 cm³/mol. The van der Waals surface area contributed by atoms with Crippen LogP contribution in [0.15, 0.2) is 0 Å². The summed E-state index contributed by atoms with van der Waals surface area (Å²) in [5.74, 6) is -1.55. The molecule has 1 saturated heterocycles. The molecule has 0 aliphatic carbocycles. The van der Waals surface area contributed by atoms with E-state index in [1.54, 1.807) is 0 Å². The standard InChI is InChI=1S/C12H20F3NO2/c1-11(2,3)8-5-6-16(9(7-8)18-4)10(17)12(13,14)15/h8-9H,5-7H2,1-4H3/t8-,9-/m0/s1. The molecule has 0 saturated carbocycles. The zero-order valence-electron chi connectivity index (χ0n) is 11.2. The maximum absolute atomic E-state index is 12.4. The van der Waals surface area contributed by atoms with E-state index >= 15 is 0 Å². The highest BCUT2D eigenvalue weighted by molar-refractivity contribution is 5.82. The summed E-state index contributed by atoms with van der Waals surface area (Å²) < 4.78 is 42.3. The molecule has 6 heteroatoms. The van der Waals surface area contributed by atoms with Gasteiger partial charge in [-0.25, -0.2) is 0 Å². The van der Waals surface area contributed by atoms with E-state index in [4.69, 9.17) is 4.74 Å². The summed E-state index contributed by atoms with van der Waals surface area (Å²) in [7, 11) is 1.34. The van der Waals surface area contributed by atoms with Crippen LogP contribution >= 0.6 is 0 Å². The third-order valence-electron chi connectivity index (χ3n) is 3.55. The van der Waals surface area contributed by atoms with Crippen molar-refractivity contribution in [1.29, 1.82) is 0 Å². The number of piperidine rings is 1. The third kappa shape index (κ3) is 3.37. The Morgan fingerprint density at radius 2 is 1.83 bits per heavy atom. The fourth-order valence-corrected chi connectivity index (χ4v) is 2.33. The molecule has 1 fully saturated rings. The van der Waals surface area contributed by atoms with Gasteiger partial charge in [0.2, 0.25) is 0 Å². The van der Waals surface area contributed by atoms with E-state index in [9.17, 15) is 18.0 Å². The predicted octanol–water partition coefficient (Wildman–Crippen LogP) is 2.81. The molecule has 0 N–H and O–H groups in total. The Morgan fingerprint density at radius 3 is 2.22 bits per heavy atom. The van der Waals surface area contributed by atoms with Crippen LogP contribution in [0.4, 0.5) is 13.2 Å². The zero-order valence-corrected chi connectivity index (χ0v) is 11.2. The molecule has 0 bridgehead atoms. The summed E-state index contributed by atoms with van der Waals surface area (Å²) in [6.45, 7) is 6.24. The number of ether oxygens (including phenoxy) is 1. The van der Waals surface area contributed by atoms with Crippen molar-refractivity contribution in [3.05, 3.63) is 0 Å². The first-order valence-corrected chi connectivity index (χ1v) is 5.98. The van der Waals surface area contributed by atoms with Gasteiger partial charge >= 0.3 is 12.1 Å². The Morgan fingerprint density at radius 1 is 1.28 bits per heavy atom. The van der Waals surface area contributed by atoms with Crippen molar-refractivity contribution in [1.82, 2.24) is 4.90 Å². The molecule has 0 unspecified atom stereocenters. The van der Waals surface area contributed by atoms with Gasteiger partial charge in [0.15, 0.2) is 0 Å². The number of methoxy groups -OCH3 is 1. The highest BCUT2D eigenvalue weighted by Crippen LogP contribution is 2.38. The number of carbonyl (C=O) groups excluding carboxylic acids is 1. The second-order valence-electron chi connectivity index (χ2n) is 5.77. The van der Waals surface area contributed by atoms with Gasteiger partial charge in [-0.1, -0.05) is 20.8 Å². The number of nitrogens with zero attached hydrogens (tertiary/aromatic N) is 1. The van der Waals surface area contributed by atoms with Crippen molar-refractivity contribution in [2.45, 2.75) is 46.0 Å². The largest absolute Gasteiger partial charge is 0.471 e. The number of hydrogen-bond donors (Lipinski definition) is 0. The van der Waals surface area contributed by atoms with Crippen molar-refractivity contribution >= 4 is 5.91 Å². The first-order valence-electron chi connectivity index (χ1n) is 5.98. The molecule has 3 nitrogen and oxygen atoms in total. The number of likely N-dealkylation sites (tertiary alicyclic amines) is 1. The number of rotatable bonds is 1. The second kappa shape index (κ2) is 5.07. The van der Waals surface area contributed by atoms with Crippen molar-refractivity contribution in [2.75, 3.05) is 13.7 Å². The summed E-state index contributed by atoms with van der Waals surface area (Å²) >= 11 is 0. The Hall–Kier alpha value is -0.780. The SMILES string of the molecule is CO[C@H]1C[C@@H](C(C)(C)C)CCN1C(=O)C(F)(F)F. The smallest absolute Gasteiger partial charge is 0.362 e. The first kappa shape index (κ1) is 15.3. The van der Waals surface area contributed by atoms with Gasteiger partial charge in [-0.2, -0.15) is 13.2 Å². The fraction of sp³-hybridized carbons (Fsp3) is 0.917. The van der Waals surface area contributed by atoms with Crippen LogP contribution in [0.1, 0.15) is 33.6 Å². The van der Waals surface area contributed by atoms with E-state index in [1.807, 2.05) is 20.8 Å². The van der Waals surface area contributed by atoms with Gasteiger partial charge in [0.25, 0.3) is 0 Å². The monoisotopic (exact) mass is 267 g/mol. The van der Waals surface area contributed by atoms with Gasteiger partial charge in [0.1, 0.15) is 6.23 Å². The molecule has 106 valence electrons. The summed E-state index contributed by atoms with van der Waals surface area (Å²) in [5.41, 5.74) is 0.00412. The Kier molecular flexibility index (Phi) is 4.30. The molecule has 1 rings (SSSR count). The number of amides is 1. The molecule has 1 heterocycles. The highest BCUT2D eigenvalue weighted by atomic mass is 19.4. The van der Waals surface area contributed by atoms with E-state index in [0.29, 0.717) is 12.8 Å². The lowest BCUT2D eigenvalue weighted by atomic mass is 9.74. The molecule has 18 heavy (non-hydrogen) atoms. The van der Waals surface area contributed by atoms with Crippen LogP contribution < -0.4 is 0 Å². The average Bonchev–Trinajstić information content (AvgIpc) is 2.24.